The van der Waals surface area contributed by atoms with E-state index in [2.05, 4.69) is 5.32 Å². The molecule has 1 aliphatic heterocycles. The molecule has 0 radical (unpaired) electrons. The van der Waals surface area contributed by atoms with Crippen LogP contribution in [0.1, 0.15) is 12.8 Å². The van der Waals surface area contributed by atoms with Gasteiger partial charge >= 0.3 is 0 Å². The molecule has 0 aromatic carbocycles. The van der Waals surface area contributed by atoms with Crippen LogP contribution >= 0.6 is 0 Å². The largest absolute Gasteiger partial charge is 0.314 e. The first-order chi connectivity index (χ1) is 4.84. The highest BCUT2D eigenvalue weighted by Crippen LogP contribution is 2.18. The molecule has 2 unspecified atom stereocenters. The van der Waals surface area contributed by atoms with Gasteiger partial charge in [0.05, 0.1) is 6.07 Å². The van der Waals surface area contributed by atoms with Gasteiger partial charge in [0.25, 0.3) is 0 Å². The fourth-order valence-electron chi connectivity index (χ4n) is 1.22. The molecule has 1 N–H and O–H groups in total. The number of rotatable bonds is 1. The van der Waals surface area contributed by atoms with Crippen molar-refractivity contribution < 1.29 is 4.39 Å². The number of hydrogen-bond donors (Lipinski definition) is 1. The van der Waals surface area contributed by atoms with Crippen molar-refractivity contribution in [1.29, 1.82) is 5.26 Å². The Labute approximate surface area is 60.0 Å². The van der Waals surface area contributed by atoms with E-state index in [0.717, 1.165) is 13.0 Å². The van der Waals surface area contributed by atoms with E-state index in [4.69, 9.17) is 5.26 Å². The van der Waals surface area contributed by atoms with Crippen molar-refractivity contribution >= 4 is 0 Å². The summed E-state index contributed by atoms with van der Waals surface area (Å²) in [5.41, 5.74) is 0. The second-order valence-corrected chi connectivity index (χ2v) is 2.63. The molecule has 1 fully saturated rings. The van der Waals surface area contributed by atoms with Gasteiger partial charge in [0.2, 0.25) is 0 Å². The molecule has 1 aliphatic rings. The highest BCUT2D eigenvalue weighted by Gasteiger charge is 2.23. The van der Waals surface area contributed by atoms with Crippen molar-refractivity contribution in [2.45, 2.75) is 19.0 Å². The lowest BCUT2D eigenvalue weighted by atomic mass is 9.94. The topological polar surface area (TPSA) is 35.8 Å². The van der Waals surface area contributed by atoms with Gasteiger partial charge in [0.1, 0.15) is 6.17 Å². The predicted molar refractivity (Wildman–Crippen MR) is 36.1 cm³/mol. The second-order valence-electron chi connectivity index (χ2n) is 2.63. The number of halogens is 1. The van der Waals surface area contributed by atoms with E-state index >= 15 is 0 Å². The predicted octanol–water partition coefficient (Wildman–Crippen LogP) is 0.848. The number of nitriles is 1. The van der Waals surface area contributed by atoms with Crippen LogP contribution in [0.5, 0.6) is 0 Å². The summed E-state index contributed by atoms with van der Waals surface area (Å²) in [5, 5.41) is 11.2. The highest BCUT2D eigenvalue weighted by molar-refractivity contribution is 4.84. The van der Waals surface area contributed by atoms with Crippen LogP contribution in [0.2, 0.25) is 0 Å². The maximum Gasteiger partial charge on any atom is 0.116 e. The van der Waals surface area contributed by atoms with E-state index in [1.807, 2.05) is 6.07 Å². The minimum absolute atomic E-state index is 0.0220. The molecule has 10 heavy (non-hydrogen) atoms. The van der Waals surface area contributed by atoms with E-state index < -0.39 is 6.17 Å². The monoisotopic (exact) mass is 142 g/mol. The van der Waals surface area contributed by atoms with E-state index in [-0.39, 0.29) is 5.92 Å². The summed E-state index contributed by atoms with van der Waals surface area (Å²) in [6, 6.07) is 2.00. The summed E-state index contributed by atoms with van der Waals surface area (Å²) < 4.78 is 12.8. The molecule has 0 spiro atoms. The Morgan fingerprint density at radius 1 is 1.70 bits per heavy atom. The molecule has 0 aliphatic carbocycles. The molecule has 0 bridgehead atoms. The summed E-state index contributed by atoms with van der Waals surface area (Å²) in [4.78, 5) is 0. The maximum absolute atomic E-state index is 12.8. The molecule has 0 amide bonds. The van der Waals surface area contributed by atoms with Gasteiger partial charge in [-0.05, 0) is 13.0 Å². The lowest BCUT2D eigenvalue weighted by molar-refractivity contribution is 0.183. The first-order valence-corrected chi connectivity index (χ1v) is 3.56. The molecular formula is C7H11FN2. The van der Waals surface area contributed by atoms with Gasteiger partial charge in [-0.1, -0.05) is 0 Å². The van der Waals surface area contributed by atoms with Gasteiger partial charge < -0.3 is 5.32 Å². The Balaban J connectivity index is 2.34. The van der Waals surface area contributed by atoms with E-state index in [9.17, 15) is 4.39 Å². The van der Waals surface area contributed by atoms with Crippen LogP contribution in [0.3, 0.4) is 0 Å². The van der Waals surface area contributed by atoms with Crippen molar-refractivity contribution in [3.8, 4) is 6.07 Å². The molecular weight excluding hydrogens is 131 g/mol. The molecule has 1 heterocycles. The van der Waals surface area contributed by atoms with Gasteiger partial charge in [-0.15, -0.1) is 0 Å². The first kappa shape index (κ1) is 7.49. The molecule has 0 saturated carbocycles. The van der Waals surface area contributed by atoms with Crippen LogP contribution in [0.25, 0.3) is 0 Å². The van der Waals surface area contributed by atoms with Crippen molar-refractivity contribution in [1.82, 2.24) is 5.32 Å². The smallest absolute Gasteiger partial charge is 0.116 e. The van der Waals surface area contributed by atoms with E-state index in [1.165, 1.54) is 0 Å². The Bertz CT molecular complexity index is 141. The van der Waals surface area contributed by atoms with Crippen LogP contribution in [0.4, 0.5) is 4.39 Å². The molecule has 0 aromatic heterocycles. The zero-order valence-electron chi connectivity index (χ0n) is 5.81. The first-order valence-electron chi connectivity index (χ1n) is 3.56. The summed E-state index contributed by atoms with van der Waals surface area (Å²) in [5.74, 6) is -0.0220. The third-order valence-electron chi connectivity index (χ3n) is 1.90. The lowest BCUT2D eigenvalue weighted by Gasteiger charge is -2.24. The van der Waals surface area contributed by atoms with Crippen LogP contribution in [0, 0.1) is 17.2 Å². The summed E-state index contributed by atoms with van der Waals surface area (Å²) in [7, 11) is 0. The van der Waals surface area contributed by atoms with Gasteiger partial charge in [-0.25, -0.2) is 4.39 Å². The fraction of sp³-hybridized carbons (Fsp3) is 0.857. The van der Waals surface area contributed by atoms with Gasteiger partial charge in [-0.2, -0.15) is 5.26 Å². The number of nitrogens with zero attached hydrogens (tertiary/aromatic N) is 1. The zero-order chi connectivity index (χ0) is 7.40. The van der Waals surface area contributed by atoms with E-state index in [1.54, 1.807) is 0 Å². The van der Waals surface area contributed by atoms with Gasteiger partial charge in [0.15, 0.2) is 0 Å². The summed E-state index contributed by atoms with van der Waals surface area (Å²) in [6.45, 7) is 1.28. The molecule has 0 aromatic rings. The van der Waals surface area contributed by atoms with Crippen molar-refractivity contribution in [2.75, 3.05) is 13.1 Å². The van der Waals surface area contributed by atoms with Crippen molar-refractivity contribution in [3.05, 3.63) is 0 Å². The Morgan fingerprint density at radius 3 is 3.10 bits per heavy atom. The molecule has 1 rings (SSSR count). The second kappa shape index (κ2) is 3.52. The van der Waals surface area contributed by atoms with Crippen LogP contribution in [0.15, 0.2) is 0 Å². The van der Waals surface area contributed by atoms with Crippen molar-refractivity contribution in [3.63, 3.8) is 0 Å². The number of alkyl halides is 1. The van der Waals surface area contributed by atoms with Gasteiger partial charge in [-0.3, -0.25) is 0 Å². The fourth-order valence-corrected chi connectivity index (χ4v) is 1.22. The third-order valence-corrected chi connectivity index (χ3v) is 1.90. The molecule has 2 nitrogen and oxygen atoms in total. The number of nitrogens with one attached hydrogen (secondary N) is 1. The van der Waals surface area contributed by atoms with Crippen LogP contribution in [-0.4, -0.2) is 19.3 Å². The maximum atomic E-state index is 12.8. The van der Waals surface area contributed by atoms with Crippen LogP contribution in [-0.2, 0) is 0 Å². The van der Waals surface area contributed by atoms with Crippen LogP contribution < -0.4 is 5.32 Å². The third kappa shape index (κ3) is 1.68. The Morgan fingerprint density at radius 2 is 2.50 bits per heavy atom. The quantitative estimate of drug-likeness (QED) is 0.589. The summed E-state index contributed by atoms with van der Waals surface area (Å²) >= 11 is 0. The van der Waals surface area contributed by atoms with Gasteiger partial charge in [0, 0.05) is 18.9 Å². The number of piperidine rings is 1. The average molecular weight is 142 g/mol. The lowest BCUT2D eigenvalue weighted by Crippen LogP contribution is -2.37. The normalized spacial score (nSPS) is 33.2. The molecule has 3 heteroatoms. The Kier molecular flexibility index (Phi) is 2.64. The number of hydrogen-bond acceptors (Lipinski definition) is 2. The standard InChI is InChI=1S/C7H11FN2/c8-7-5-10-4-2-6(7)1-3-9/h6-7,10H,1-2,4-5H2. The molecule has 2 atom stereocenters. The molecule has 1 saturated heterocycles. The SMILES string of the molecule is N#CCC1CCNCC1F. The van der Waals surface area contributed by atoms with Crippen molar-refractivity contribution in [2.24, 2.45) is 5.92 Å². The van der Waals surface area contributed by atoms with E-state index in [0.29, 0.717) is 13.0 Å². The molecule has 56 valence electrons. The minimum Gasteiger partial charge on any atom is -0.314 e. The summed E-state index contributed by atoms with van der Waals surface area (Å²) in [6.07, 6.45) is 0.353. The highest BCUT2D eigenvalue weighted by atomic mass is 19.1. The Hall–Kier alpha value is -0.620. The average Bonchev–Trinajstić information content (AvgIpc) is 1.94. The zero-order valence-corrected chi connectivity index (χ0v) is 5.81. The minimum atomic E-state index is -0.812.